The maximum absolute atomic E-state index is 13.3. The van der Waals surface area contributed by atoms with Crippen molar-refractivity contribution in [2.75, 3.05) is 6.61 Å². The molecule has 1 aromatic heterocycles. The highest BCUT2D eigenvalue weighted by Gasteiger charge is 2.31. The van der Waals surface area contributed by atoms with Gasteiger partial charge in [-0.05, 0) is 35.7 Å². The minimum Gasteiger partial charge on any atom is -0.475 e. The number of fused-ring (bicyclic) bond motifs is 1. The summed E-state index contributed by atoms with van der Waals surface area (Å²) in [5.74, 6) is 0.0738. The predicted molar refractivity (Wildman–Crippen MR) is 117 cm³/mol. The zero-order chi connectivity index (χ0) is 22.0. The van der Waals surface area contributed by atoms with Gasteiger partial charge in [-0.3, -0.25) is 14.9 Å². The Morgan fingerprint density at radius 1 is 1.13 bits per heavy atom. The molecule has 3 aromatic rings. The van der Waals surface area contributed by atoms with Crippen molar-refractivity contribution in [2.45, 2.75) is 19.0 Å². The second kappa shape index (κ2) is 8.91. The molecule has 0 spiro atoms. The molecule has 4 rings (SSSR count). The molecule has 1 amide bonds. The van der Waals surface area contributed by atoms with E-state index in [9.17, 15) is 14.9 Å². The summed E-state index contributed by atoms with van der Waals surface area (Å²) in [6.07, 6.45) is 1.75. The van der Waals surface area contributed by atoms with Crippen LogP contribution in [0.4, 0.5) is 5.69 Å². The van der Waals surface area contributed by atoms with E-state index < -0.39 is 4.92 Å². The van der Waals surface area contributed by atoms with E-state index >= 15 is 0 Å². The van der Waals surface area contributed by atoms with Crippen LogP contribution >= 0.6 is 23.2 Å². The first-order chi connectivity index (χ1) is 14.9. The number of carbonyl (C=O) groups is 1. The quantitative estimate of drug-likeness (QED) is 0.399. The lowest BCUT2D eigenvalue weighted by Gasteiger charge is -2.36. The van der Waals surface area contributed by atoms with Gasteiger partial charge >= 0.3 is 0 Å². The Bertz CT molecular complexity index is 1140. The highest BCUT2D eigenvalue weighted by molar-refractivity contribution is 6.42. The monoisotopic (exact) mass is 457 g/mol. The van der Waals surface area contributed by atoms with Gasteiger partial charge in [-0.25, -0.2) is 4.98 Å². The van der Waals surface area contributed by atoms with Gasteiger partial charge in [0.2, 0.25) is 5.88 Å². The fourth-order valence-corrected chi connectivity index (χ4v) is 3.81. The third-order valence-corrected chi connectivity index (χ3v) is 5.88. The van der Waals surface area contributed by atoms with Crippen LogP contribution in [0.5, 0.6) is 5.88 Å². The lowest BCUT2D eigenvalue weighted by atomic mass is 9.93. The summed E-state index contributed by atoms with van der Waals surface area (Å²) >= 11 is 12.1. The molecule has 1 aliphatic heterocycles. The largest absolute Gasteiger partial charge is 0.475 e. The van der Waals surface area contributed by atoms with E-state index in [1.807, 2.05) is 24.3 Å². The second-order valence-electron chi connectivity index (χ2n) is 7.11. The Balaban J connectivity index is 1.57. The molecule has 158 valence electrons. The number of amides is 1. The molecule has 0 saturated carbocycles. The number of halogens is 2. The summed E-state index contributed by atoms with van der Waals surface area (Å²) in [6, 6.07) is 15.3. The molecule has 2 heterocycles. The van der Waals surface area contributed by atoms with Crippen LogP contribution in [0.1, 0.15) is 21.5 Å². The zero-order valence-electron chi connectivity index (χ0n) is 16.2. The maximum atomic E-state index is 13.3. The van der Waals surface area contributed by atoms with Crippen molar-refractivity contribution < 1.29 is 14.5 Å². The molecule has 2 aromatic carbocycles. The summed E-state index contributed by atoms with van der Waals surface area (Å²) in [4.78, 5) is 29.3. The first kappa shape index (κ1) is 21.1. The van der Waals surface area contributed by atoms with E-state index in [0.29, 0.717) is 28.6 Å². The van der Waals surface area contributed by atoms with E-state index in [1.54, 1.807) is 23.1 Å². The molecule has 0 bridgehead atoms. The van der Waals surface area contributed by atoms with Crippen LogP contribution in [0, 0.1) is 10.1 Å². The normalized spacial score (nSPS) is 15.3. The number of aromatic nitrogens is 1. The van der Waals surface area contributed by atoms with Crippen LogP contribution in [0.3, 0.4) is 0 Å². The van der Waals surface area contributed by atoms with Gasteiger partial charge in [-0.15, -0.1) is 0 Å². The number of nitro groups is 1. The molecule has 0 aliphatic carbocycles. The molecule has 0 unspecified atom stereocenters. The molecule has 9 heteroatoms. The molecular formula is C22H17Cl2N3O4. The first-order valence-corrected chi connectivity index (χ1v) is 10.2. The number of nitrogens with zero attached hydrogens (tertiary/aromatic N) is 3. The van der Waals surface area contributed by atoms with Crippen molar-refractivity contribution in [2.24, 2.45) is 0 Å². The van der Waals surface area contributed by atoms with E-state index in [-0.39, 0.29) is 30.1 Å². The van der Waals surface area contributed by atoms with Crippen molar-refractivity contribution in [1.82, 2.24) is 9.88 Å². The van der Waals surface area contributed by atoms with E-state index in [4.69, 9.17) is 27.9 Å². The van der Waals surface area contributed by atoms with Gasteiger partial charge in [-0.2, -0.15) is 0 Å². The highest BCUT2D eigenvalue weighted by atomic mass is 35.5. The molecular weight excluding hydrogens is 441 g/mol. The third kappa shape index (κ3) is 4.62. The lowest BCUT2D eigenvalue weighted by molar-refractivity contribution is -0.385. The summed E-state index contributed by atoms with van der Waals surface area (Å²) in [7, 11) is 0. The van der Waals surface area contributed by atoms with Gasteiger partial charge < -0.3 is 9.64 Å². The number of hydrogen-bond donors (Lipinski definition) is 0. The van der Waals surface area contributed by atoms with E-state index in [1.165, 1.54) is 12.1 Å². The molecule has 0 radical (unpaired) electrons. The lowest BCUT2D eigenvalue weighted by Crippen LogP contribution is -2.47. The smallest absolute Gasteiger partial charge is 0.287 e. The van der Waals surface area contributed by atoms with Gasteiger partial charge in [0.25, 0.3) is 11.6 Å². The van der Waals surface area contributed by atoms with Gasteiger partial charge in [0, 0.05) is 24.2 Å². The molecule has 0 saturated heterocycles. The Labute approximate surface area is 188 Å². The fourth-order valence-electron chi connectivity index (χ4n) is 3.52. The van der Waals surface area contributed by atoms with Gasteiger partial charge in [0.15, 0.2) is 0 Å². The first-order valence-electron chi connectivity index (χ1n) is 9.48. The summed E-state index contributed by atoms with van der Waals surface area (Å²) in [5.41, 5.74) is 2.54. The Hall–Kier alpha value is -3.16. The van der Waals surface area contributed by atoms with Gasteiger partial charge in [0.05, 0.1) is 21.0 Å². The molecule has 31 heavy (non-hydrogen) atoms. The average molecular weight is 458 g/mol. The number of ether oxygens (including phenoxy) is 1. The van der Waals surface area contributed by atoms with Gasteiger partial charge in [-0.1, -0.05) is 47.5 Å². The molecule has 0 N–H and O–H groups in total. The van der Waals surface area contributed by atoms with Crippen LogP contribution in [0.25, 0.3) is 0 Å². The minimum absolute atomic E-state index is 0.115. The van der Waals surface area contributed by atoms with Crippen LogP contribution in [-0.4, -0.2) is 33.4 Å². The van der Waals surface area contributed by atoms with Gasteiger partial charge in [0.1, 0.15) is 12.8 Å². The number of hydrogen-bond acceptors (Lipinski definition) is 5. The molecule has 1 aliphatic rings. The standard InChI is InChI=1S/C22H17Cl2N3O4/c23-19-7-5-15(10-20(19)24)22(28)26-12-16-4-2-1-3-14(16)9-18(26)13-31-21-8-6-17(11-25-21)27(29)30/h1-8,10-11,18H,9,12-13H2/t18-/m0/s1. The topological polar surface area (TPSA) is 85.6 Å². The van der Waals surface area contributed by atoms with Crippen molar-refractivity contribution in [3.63, 3.8) is 0 Å². The average Bonchev–Trinajstić information content (AvgIpc) is 2.78. The van der Waals surface area contributed by atoms with Crippen LogP contribution in [0.2, 0.25) is 10.0 Å². The summed E-state index contributed by atoms with van der Waals surface area (Å²) in [6.45, 7) is 0.614. The SMILES string of the molecule is O=C(c1ccc(Cl)c(Cl)c1)N1Cc2ccccc2C[C@H]1COc1ccc([N+](=O)[O-])cn1. The fraction of sp³-hybridized carbons (Fsp3) is 0.182. The second-order valence-corrected chi connectivity index (χ2v) is 7.93. The number of pyridine rings is 1. The summed E-state index contributed by atoms with van der Waals surface area (Å²) < 4.78 is 5.78. The van der Waals surface area contributed by atoms with Crippen LogP contribution in [-0.2, 0) is 13.0 Å². The third-order valence-electron chi connectivity index (χ3n) is 5.14. The predicted octanol–water partition coefficient (Wildman–Crippen LogP) is 4.94. The highest BCUT2D eigenvalue weighted by Crippen LogP contribution is 2.28. The van der Waals surface area contributed by atoms with Crippen LogP contribution < -0.4 is 4.74 Å². The molecule has 1 atom stereocenters. The molecule has 7 nitrogen and oxygen atoms in total. The Kier molecular flexibility index (Phi) is 6.06. The number of rotatable bonds is 5. The van der Waals surface area contributed by atoms with Crippen molar-refractivity contribution >= 4 is 34.8 Å². The van der Waals surface area contributed by atoms with Crippen molar-refractivity contribution in [3.8, 4) is 5.88 Å². The zero-order valence-corrected chi connectivity index (χ0v) is 17.7. The Morgan fingerprint density at radius 3 is 2.58 bits per heavy atom. The Morgan fingerprint density at radius 2 is 1.90 bits per heavy atom. The van der Waals surface area contributed by atoms with Crippen LogP contribution in [0.15, 0.2) is 60.8 Å². The number of benzene rings is 2. The van der Waals surface area contributed by atoms with Crippen molar-refractivity contribution in [3.05, 3.63) is 97.6 Å². The van der Waals surface area contributed by atoms with Crippen molar-refractivity contribution in [1.29, 1.82) is 0 Å². The molecule has 0 fully saturated rings. The maximum Gasteiger partial charge on any atom is 0.287 e. The minimum atomic E-state index is -0.521. The van der Waals surface area contributed by atoms with E-state index in [2.05, 4.69) is 4.98 Å². The summed E-state index contributed by atoms with van der Waals surface area (Å²) in [5, 5.41) is 11.5. The van der Waals surface area contributed by atoms with E-state index in [0.717, 1.165) is 17.3 Å². The number of carbonyl (C=O) groups excluding carboxylic acids is 1.